The van der Waals surface area contributed by atoms with E-state index in [-0.39, 0.29) is 0 Å². The van der Waals surface area contributed by atoms with Crippen LogP contribution in [0, 0.1) is 5.92 Å². The summed E-state index contributed by atoms with van der Waals surface area (Å²) in [5, 5.41) is 3.83. The summed E-state index contributed by atoms with van der Waals surface area (Å²) in [5.41, 5.74) is 2.85. The summed E-state index contributed by atoms with van der Waals surface area (Å²) in [4.78, 5) is 2.59. The first-order valence-corrected chi connectivity index (χ1v) is 8.38. The second-order valence-electron chi connectivity index (χ2n) is 6.75. The zero-order valence-electron chi connectivity index (χ0n) is 12.8. The van der Waals surface area contributed by atoms with E-state index in [1.165, 1.54) is 62.9 Å². The van der Waals surface area contributed by atoms with Gasteiger partial charge in [0.25, 0.3) is 0 Å². The highest BCUT2D eigenvalue weighted by Gasteiger charge is 2.20. The van der Waals surface area contributed by atoms with Crippen LogP contribution in [-0.2, 0) is 6.54 Å². The van der Waals surface area contributed by atoms with Crippen molar-refractivity contribution in [2.45, 2.75) is 58.0 Å². The Kier molecular flexibility index (Phi) is 4.62. The average molecular weight is 272 g/mol. The highest BCUT2D eigenvalue weighted by molar-refractivity contribution is 5.51. The van der Waals surface area contributed by atoms with Crippen LogP contribution in [0.2, 0.25) is 0 Å². The van der Waals surface area contributed by atoms with Gasteiger partial charge in [0.2, 0.25) is 0 Å². The normalized spacial score (nSPS) is 27.6. The summed E-state index contributed by atoms with van der Waals surface area (Å²) in [5.74, 6) is 0.881. The lowest BCUT2D eigenvalue weighted by Crippen LogP contribution is -2.27. The molecule has 0 aromatic heterocycles. The molecule has 1 aliphatic heterocycles. The van der Waals surface area contributed by atoms with Crippen LogP contribution >= 0.6 is 0 Å². The van der Waals surface area contributed by atoms with Gasteiger partial charge < -0.3 is 5.32 Å². The molecule has 1 aromatic carbocycles. The summed E-state index contributed by atoms with van der Waals surface area (Å²) < 4.78 is 0. The Labute approximate surface area is 123 Å². The molecule has 0 radical (unpaired) electrons. The summed E-state index contributed by atoms with van der Waals surface area (Å²) >= 11 is 0. The molecule has 1 aromatic rings. The fourth-order valence-electron chi connectivity index (χ4n) is 3.77. The summed E-state index contributed by atoms with van der Waals surface area (Å²) in [6.45, 7) is 6.05. The van der Waals surface area contributed by atoms with E-state index in [9.17, 15) is 0 Å². The minimum atomic E-state index is 0.679. The van der Waals surface area contributed by atoms with Crippen molar-refractivity contribution < 1.29 is 0 Å². The maximum atomic E-state index is 3.83. The van der Waals surface area contributed by atoms with Crippen LogP contribution in [0.4, 0.5) is 5.69 Å². The van der Waals surface area contributed by atoms with Crippen molar-refractivity contribution in [2.75, 3.05) is 18.4 Å². The van der Waals surface area contributed by atoms with Crippen molar-refractivity contribution >= 4 is 5.69 Å². The second-order valence-corrected chi connectivity index (χ2v) is 6.75. The number of likely N-dealkylation sites (tertiary alicyclic amines) is 1. The maximum absolute atomic E-state index is 3.83. The minimum Gasteiger partial charge on any atom is -0.382 e. The lowest BCUT2D eigenvalue weighted by Gasteiger charge is -2.29. The zero-order valence-corrected chi connectivity index (χ0v) is 12.8. The van der Waals surface area contributed by atoms with Gasteiger partial charge in [-0.1, -0.05) is 38.0 Å². The topological polar surface area (TPSA) is 15.3 Å². The van der Waals surface area contributed by atoms with Gasteiger partial charge in [0.15, 0.2) is 0 Å². The number of rotatable bonds is 4. The van der Waals surface area contributed by atoms with E-state index in [2.05, 4.69) is 41.4 Å². The fourth-order valence-corrected chi connectivity index (χ4v) is 3.77. The molecule has 2 atom stereocenters. The van der Waals surface area contributed by atoms with Gasteiger partial charge in [-0.15, -0.1) is 0 Å². The quantitative estimate of drug-likeness (QED) is 0.880. The molecule has 1 aliphatic carbocycles. The molecule has 20 heavy (non-hydrogen) atoms. The Morgan fingerprint density at radius 1 is 1.10 bits per heavy atom. The molecule has 3 rings (SSSR count). The molecule has 2 unspecified atom stereocenters. The van der Waals surface area contributed by atoms with Gasteiger partial charge in [0, 0.05) is 18.3 Å². The van der Waals surface area contributed by atoms with E-state index >= 15 is 0 Å². The molecule has 1 saturated carbocycles. The summed E-state index contributed by atoms with van der Waals surface area (Å²) in [7, 11) is 0. The number of hydrogen-bond acceptors (Lipinski definition) is 2. The number of nitrogens with zero attached hydrogens (tertiary/aromatic N) is 1. The van der Waals surface area contributed by atoms with Crippen LogP contribution in [0.25, 0.3) is 0 Å². The average Bonchev–Trinajstić information content (AvgIpc) is 2.94. The Morgan fingerprint density at radius 2 is 1.90 bits per heavy atom. The van der Waals surface area contributed by atoms with Gasteiger partial charge in [-0.05, 0) is 56.3 Å². The Hall–Kier alpha value is -1.02. The zero-order chi connectivity index (χ0) is 13.8. The smallest absolute Gasteiger partial charge is 0.0388 e. The van der Waals surface area contributed by atoms with Gasteiger partial charge in [0.05, 0.1) is 0 Å². The van der Waals surface area contributed by atoms with Crippen LogP contribution in [0.1, 0.15) is 51.0 Å². The second kappa shape index (κ2) is 6.62. The van der Waals surface area contributed by atoms with Gasteiger partial charge in [-0.25, -0.2) is 0 Å². The highest BCUT2D eigenvalue weighted by atomic mass is 15.1. The van der Waals surface area contributed by atoms with Gasteiger partial charge >= 0.3 is 0 Å². The van der Waals surface area contributed by atoms with Crippen molar-refractivity contribution in [2.24, 2.45) is 5.92 Å². The van der Waals surface area contributed by atoms with Crippen molar-refractivity contribution in [1.29, 1.82) is 0 Å². The van der Waals surface area contributed by atoms with Crippen molar-refractivity contribution in [1.82, 2.24) is 4.90 Å². The third-order valence-corrected chi connectivity index (χ3v) is 4.91. The molecule has 2 aliphatic rings. The first-order chi connectivity index (χ1) is 9.81. The molecule has 0 bridgehead atoms. The Balaban J connectivity index is 1.65. The third-order valence-electron chi connectivity index (χ3n) is 4.91. The number of hydrogen-bond donors (Lipinski definition) is 1. The number of benzene rings is 1. The molecule has 2 heteroatoms. The molecule has 1 saturated heterocycles. The molecule has 0 amide bonds. The predicted molar refractivity (Wildman–Crippen MR) is 86.0 cm³/mol. The Bertz CT molecular complexity index is 423. The van der Waals surface area contributed by atoms with E-state index in [0.717, 1.165) is 12.5 Å². The minimum absolute atomic E-state index is 0.679. The predicted octanol–water partition coefficient (Wildman–Crippen LogP) is 4.27. The van der Waals surface area contributed by atoms with Crippen LogP contribution in [0.3, 0.4) is 0 Å². The molecule has 1 heterocycles. The maximum Gasteiger partial charge on any atom is 0.0388 e. The number of anilines is 1. The third kappa shape index (κ3) is 3.54. The van der Waals surface area contributed by atoms with Crippen LogP contribution in [-0.4, -0.2) is 24.0 Å². The van der Waals surface area contributed by atoms with Crippen molar-refractivity contribution in [3.8, 4) is 0 Å². The monoisotopic (exact) mass is 272 g/mol. The van der Waals surface area contributed by atoms with Crippen LogP contribution < -0.4 is 5.32 Å². The molecular formula is C18H28N2. The first-order valence-electron chi connectivity index (χ1n) is 8.38. The lowest BCUT2D eigenvalue weighted by molar-refractivity contribution is 0.331. The van der Waals surface area contributed by atoms with Crippen LogP contribution in [0.5, 0.6) is 0 Å². The molecule has 0 spiro atoms. The van der Waals surface area contributed by atoms with E-state index in [0.29, 0.717) is 6.04 Å². The fraction of sp³-hybridized carbons (Fsp3) is 0.667. The van der Waals surface area contributed by atoms with E-state index in [1.807, 2.05) is 0 Å². The summed E-state index contributed by atoms with van der Waals surface area (Å²) in [6.07, 6.45) is 8.20. The van der Waals surface area contributed by atoms with Gasteiger partial charge in [0.1, 0.15) is 0 Å². The largest absolute Gasteiger partial charge is 0.382 e. The van der Waals surface area contributed by atoms with E-state index in [4.69, 9.17) is 0 Å². The number of para-hydroxylation sites is 1. The van der Waals surface area contributed by atoms with E-state index < -0.39 is 0 Å². The van der Waals surface area contributed by atoms with Gasteiger partial charge in [-0.2, -0.15) is 0 Å². The summed E-state index contributed by atoms with van der Waals surface area (Å²) in [6, 6.07) is 9.60. The SMILES string of the molecule is CC1CCCC(Nc2ccccc2CN2CCCC2)C1. The van der Waals surface area contributed by atoms with Crippen molar-refractivity contribution in [3.63, 3.8) is 0 Å². The van der Waals surface area contributed by atoms with Crippen LogP contribution in [0.15, 0.2) is 24.3 Å². The molecular weight excluding hydrogens is 244 g/mol. The highest BCUT2D eigenvalue weighted by Crippen LogP contribution is 2.28. The standard InChI is InChI=1S/C18H28N2/c1-15-7-6-9-17(13-15)19-18-10-3-2-8-16(18)14-20-11-4-5-12-20/h2-3,8,10,15,17,19H,4-7,9,11-14H2,1H3. The number of nitrogens with one attached hydrogen (secondary N) is 1. The Morgan fingerprint density at radius 3 is 2.70 bits per heavy atom. The lowest BCUT2D eigenvalue weighted by atomic mass is 9.87. The van der Waals surface area contributed by atoms with Gasteiger partial charge in [-0.3, -0.25) is 4.90 Å². The first kappa shape index (κ1) is 13.9. The molecule has 2 fully saturated rings. The molecule has 110 valence electrons. The molecule has 1 N–H and O–H groups in total. The van der Waals surface area contributed by atoms with E-state index in [1.54, 1.807) is 0 Å². The van der Waals surface area contributed by atoms with Crippen molar-refractivity contribution in [3.05, 3.63) is 29.8 Å². The molecule has 2 nitrogen and oxygen atoms in total.